The summed E-state index contributed by atoms with van der Waals surface area (Å²) in [5, 5.41) is 5.25. The molecule has 23 heavy (non-hydrogen) atoms. The molecule has 2 amide bonds. The molecule has 0 aliphatic heterocycles. The van der Waals surface area contributed by atoms with Gasteiger partial charge in [-0.1, -0.05) is 23.9 Å². The molecule has 2 N–H and O–H groups in total. The molecular formula is C16H16N2O4S. The Morgan fingerprint density at radius 2 is 1.48 bits per heavy atom. The molecule has 0 atom stereocenters. The van der Waals surface area contributed by atoms with Crippen LogP contribution in [0.2, 0.25) is 0 Å². The van der Waals surface area contributed by atoms with Gasteiger partial charge in [-0.05, 0) is 36.4 Å². The van der Waals surface area contributed by atoms with Gasteiger partial charge in [0.05, 0.1) is 19.9 Å². The Kier molecular flexibility index (Phi) is 5.87. The molecule has 0 aromatic heterocycles. The summed E-state index contributed by atoms with van der Waals surface area (Å²) in [4.78, 5) is 24.3. The lowest BCUT2D eigenvalue weighted by Gasteiger charge is -2.10. The molecule has 0 spiro atoms. The number of hydrogen-bond donors (Lipinski definition) is 2. The van der Waals surface area contributed by atoms with Gasteiger partial charge >= 0.3 is 12.2 Å². The fourth-order valence-electron chi connectivity index (χ4n) is 1.72. The van der Waals surface area contributed by atoms with Gasteiger partial charge in [-0.15, -0.1) is 0 Å². The van der Waals surface area contributed by atoms with Crippen LogP contribution in [0.4, 0.5) is 21.0 Å². The van der Waals surface area contributed by atoms with Crippen molar-refractivity contribution in [2.45, 2.75) is 9.79 Å². The highest BCUT2D eigenvalue weighted by molar-refractivity contribution is 7.99. The Labute approximate surface area is 138 Å². The maximum atomic E-state index is 11.4. The van der Waals surface area contributed by atoms with E-state index in [0.717, 1.165) is 9.79 Å². The first-order valence-electron chi connectivity index (χ1n) is 6.69. The van der Waals surface area contributed by atoms with E-state index in [2.05, 4.69) is 20.1 Å². The lowest BCUT2D eigenvalue weighted by atomic mass is 10.3. The number of nitrogens with one attached hydrogen (secondary N) is 2. The SMILES string of the molecule is COC(=O)Nc1ccc(Sc2ccccc2NC(=O)OC)cc1. The highest BCUT2D eigenvalue weighted by Crippen LogP contribution is 2.33. The van der Waals surface area contributed by atoms with E-state index in [4.69, 9.17) is 0 Å². The Bertz CT molecular complexity index is 689. The Morgan fingerprint density at radius 3 is 2.13 bits per heavy atom. The second-order valence-corrected chi connectivity index (χ2v) is 5.47. The predicted octanol–water partition coefficient (Wildman–Crippen LogP) is 4.19. The van der Waals surface area contributed by atoms with Gasteiger partial charge in [0.15, 0.2) is 0 Å². The molecule has 0 aliphatic rings. The van der Waals surface area contributed by atoms with E-state index in [1.165, 1.54) is 26.0 Å². The second kappa shape index (κ2) is 8.09. The number of rotatable bonds is 4. The summed E-state index contributed by atoms with van der Waals surface area (Å²) >= 11 is 1.49. The maximum absolute atomic E-state index is 11.4. The quantitative estimate of drug-likeness (QED) is 0.878. The van der Waals surface area contributed by atoms with Crippen LogP contribution in [0.5, 0.6) is 0 Å². The van der Waals surface area contributed by atoms with Crippen molar-refractivity contribution in [3.05, 3.63) is 48.5 Å². The molecule has 7 heteroatoms. The van der Waals surface area contributed by atoms with Gasteiger partial charge in [-0.2, -0.15) is 0 Å². The molecule has 0 heterocycles. The van der Waals surface area contributed by atoms with Gasteiger partial charge in [0.1, 0.15) is 0 Å². The van der Waals surface area contributed by atoms with Crippen LogP contribution in [0.15, 0.2) is 58.3 Å². The summed E-state index contributed by atoms with van der Waals surface area (Å²) in [6.45, 7) is 0. The molecular weight excluding hydrogens is 316 g/mol. The first-order chi connectivity index (χ1) is 11.1. The number of carbonyl (C=O) groups is 2. The molecule has 2 aromatic rings. The summed E-state index contributed by atoms with van der Waals surface area (Å²) in [6.07, 6.45) is -1.03. The molecule has 0 unspecified atom stereocenters. The van der Waals surface area contributed by atoms with Crippen molar-refractivity contribution in [2.75, 3.05) is 24.9 Å². The maximum Gasteiger partial charge on any atom is 0.411 e. The van der Waals surface area contributed by atoms with E-state index in [-0.39, 0.29) is 0 Å². The monoisotopic (exact) mass is 332 g/mol. The largest absolute Gasteiger partial charge is 0.453 e. The first kappa shape index (κ1) is 16.7. The normalized spacial score (nSPS) is 9.83. The van der Waals surface area contributed by atoms with E-state index in [0.29, 0.717) is 11.4 Å². The molecule has 120 valence electrons. The third-order valence-electron chi connectivity index (χ3n) is 2.82. The average molecular weight is 332 g/mol. The average Bonchev–Trinajstić information content (AvgIpc) is 2.58. The highest BCUT2D eigenvalue weighted by Gasteiger charge is 2.08. The van der Waals surface area contributed by atoms with Crippen molar-refractivity contribution < 1.29 is 19.1 Å². The molecule has 0 aliphatic carbocycles. The third kappa shape index (κ3) is 4.93. The van der Waals surface area contributed by atoms with E-state index >= 15 is 0 Å². The predicted molar refractivity (Wildman–Crippen MR) is 89.1 cm³/mol. The zero-order chi connectivity index (χ0) is 16.7. The molecule has 0 saturated heterocycles. The molecule has 0 radical (unpaired) electrons. The van der Waals surface area contributed by atoms with E-state index < -0.39 is 12.2 Å². The molecule has 0 fully saturated rings. The van der Waals surface area contributed by atoms with Crippen LogP contribution in [0, 0.1) is 0 Å². The lowest BCUT2D eigenvalue weighted by molar-refractivity contribution is 0.186. The fourth-order valence-corrected chi connectivity index (χ4v) is 2.62. The highest BCUT2D eigenvalue weighted by atomic mass is 32.2. The van der Waals surface area contributed by atoms with Crippen LogP contribution < -0.4 is 10.6 Å². The summed E-state index contributed by atoms with van der Waals surface area (Å²) < 4.78 is 9.15. The standard InChI is InChI=1S/C16H16N2O4S/c1-21-15(19)17-11-7-9-12(10-8-11)23-14-6-4-3-5-13(14)18-16(20)22-2/h3-10H,1-2H3,(H,17,19)(H,18,20). The van der Waals surface area contributed by atoms with Crippen molar-refractivity contribution in [2.24, 2.45) is 0 Å². The van der Waals surface area contributed by atoms with Gasteiger partial charge in [-0.3, -0.25) is 10.6 Å². The van der Waals surface area contributed by atoms with E-state index in [1.807, 2.05) is 30.3 Å². The number of methoxy groups -OCH3 is 2. The zero-order valence-corrected chi connectivity index (χ0v) is 13.5. The topological polar surface area (TPSA) is 76.7 Å². The summed E-state index contributed by atoms with van der Waals surface area (Å²) in [5.41, 5.74) is 1.31. The molecule has 6 nitrogen and oxygen atoms in total. The van der Waals surface area contributed by atoms with Crippen LogP contribution in [-0.2, 0) is 9.47 Å². The van der Waals surface area contributed by atoms with Gasteiger partial charge in [0.2, 0.25) is 0 Å². The Morgan fingerprint density at radius 1 is 0.870 bits per heavy atom. The van der Waals surface area contributed by atoms with Crippen molar-refractivity contribution >= 4 is 35.3 Å². The summed E-state index contributed by atoms with van der Waals surface area (Å²) in [6, 6.07) is 14.7. The minimum absolute atomic E-state index is 0.516. The van der Waals surface area contributed by atoms with Gasteiger partial charge in [0, 0.05) is 15.5 Å². The molecule has 2 aromatic carbocycles. The minimum Gasteiger partial charge on any atom is -0.453 e. The van der Waals surface area contributed by atoms with Crippen molar-refractivity contribution in [3.63, 3.8) is 0 Å². The third-order valence-corrected chi connectivity index (χ3v) is 3.91. The molecule has 2 rings (SSSR count). The van der Waals surface area contributed by atoms with Crippen molar-refractivity contribution in [1.29, 1.82) is 0 Å². The summed E-state index contributed by atoms with van der Waals surface area (Å²) in [5.74, 6) is 0. The van der Waals surface area contributed by atoms with Crippen LogP contribution in [-0.4, -0.2) is 26.4 Å². The van der Waals surface area contributed by atoms with Crippen LogP contribution in [0.25, 0.3) is 0 Å². The summed E-state index contributed by atoms with van der Waals surface area (Å²) in [7, 11) is 2.63. The van der Waals surface area contributed by atoms with Crippen molar-refractivity contribution in [1.82, 2.24) is 0 Å². The Balaban J connectivity index is 2.10. The number of anilines is 2. The number of benzene rings is 2. The van der Waals surface area contributed by atoms with E-state index in [9.17, 15) is 9.59 Å². The smallest absolute Gasteiger partial charge is 0.411 e. The van der Waals surface area contributed by atoms with Crippen LogP contribution in [0.3, 0.4) is 0 Å². The number of carbonyl (C=O) groups excluding carboxylic acids is 2. The first-order valence-corrected chi connectivity index (χ1v) is 7.51. The fraction of sp³-hybridized carbons (Fsp3) is 0.125. The number of amides is 2. The second-order valence-electron chi connectivity index (χ2n) is 4.36. The van der Waals surface area contributed by atoms with Crippen molar-refractivity contribution in [3.8, 4) is 0 Å². The van der Waals surface area contributed by atoms with Crippen LogP contribution in [0.1, 0.15) is 0 Å². The molecule has 0 bridgehead atoms. The number of para-hydroxylation sites is 1. The number of hydrogen-bond acceptors (Lipinski definition) is 5. The Hall–Kier alpha value is -2.67. The van der Waals surface area contributed by atoms with Gasteiger partial charge < -0.3 is 9.47 Å². The van der Waals surface area contributed by atoms with Crippen LogP contribution >= 0.6 is 11.8 Å². The van der Waals surface area contributed by atoms with Gasteiger partial charge in [0.25, 0.3) is 0 Å². The minimum atomic E-state index is -0.518. The van der Waals surface area contributed by atoms with E-state index in [1.54, 1.807) is 18.2 Å². The van der Waals surface area contributed by atoms with Gasteiger partial charge in [-0.25, -0.2) is 9.59 Å². The zero-order valence-electron chi connectivity index (χ0n) is 12.7. The lowest BCUT2D eigenvalue weighted by Crippen LogP contribution is -2.11. The number of ether oxygens (including phenoxy) is 2. The molecule has 0 saturated carbocycles.